The van der Waals surface area contributed by atoms with E-state index in [0.717, 1.165) is 0 Å². The molecule has 5 nitrogen and oxygen atoms in total. The number of carbonyl (C=O) groups is 3. The Kier molecular flexibility index (Phi) is 4.04. The minimum absolute atomic E-state index is 0.0173. The quantitative estimate of drug-likeness (QED) is 0.728. The van der Waals surface area contributed by atoms with Crippen molar-refractivity contribution in [2.24, 2.45) is 5.92 Å². The van der Waals surface area contributed by atoms with E-state index in [4.69, 9.17) is 5.11 Å². The molecule has 0 aliphatic carbocycles. The minimum Gasteiger partial charge on any atom is -0.481 e. The smallest absolute Gasteiger partial charge is 0.303 e. The molecule has 2 amide bonds. The molecule has 1 aliphatic heterocycles. The van der Waals surface area contributed by atoms with Crippen LogP contribution in [0.1, 0.15) is 39.5 Å². The van der Waals surface area contributed by atoms with Crippen LogP contribution in [0.15, 0.2) is 0 Å². The van der Waals surface area contributed by atoms with Crippen LogP contribution in [0, 0.1) is 5.92 Å². The number of rotatable bonds is 4. The zero-order valence-electron chi connectivity index (χ0n) is 9.60. The van der Waals surface area contributed by atoms with E-state index in [1.165, 1.54) is 4.90 Å². The summed E-state index contributed by atoms with van der Waals surface area (Å²) in [5, 5.41) is 8.57. The largest absolute Gasteiger partial charge is 0.481 e. The number of amides is 2. The van der Waals surface area contributed by atoms with E-state index in [-0.39, 0.29) is 30.2 Å². The Morgan fingerprint density at radius 3 is 2.62 bits per heavy atom. The van der Waals surface area contributed by atoms with Crippen molar-refractivity contribution >= 4 is 17.8 Å². The number of carboxylic acids is 1. The van der Waals surface area contributed by atoms with Crippen LogP contribution in [-0.4, -0.2) is 33.8 Å². The van der Waals surface area contributed by atoms with Crippen LogP contribution in [0.5, 0.6) is 0 Å². The Morgan fingerprint density at radius 1 is 1.50 bits per heavy atom. The number of nitrogens with zero attached hydrogens (tertiary/aromatic N) is 1. The SMILES string of the molecule is CC(C)N1C(=O)CCC(CCC(=O)O)C1=O. The Labute approximate surface area is 94.4 Å². The van der Waals surface area contributed by atoms with Crippen LogP contribution in [-0.2, 0) is 14.4 Å². The van der Waals surface area contributed by atoms with Crippen molar-refractivity contribution in [3.63, 3.8) is 0 Å². The van der Waals surface area contributed by atoms with Gasteiger partial charge in [-0.25, -0.2) is 0 Å². The molecule has 0 bridgehead atoms. The summed E-state index contributed by atoms with van der Waals surface area (Å²) in [5.74, 6) is -1.57. The van der Waals surface area contributed by atoms with E-state index in [0.29, 0.717) is 19.3 Å². The Bertz CT molecular complexity index is 311. The molecule has 1 heterocycles. The summed E-state index contributed by atoms with van der Waals surface area (Å²) in [6.07, 6.45) is 1.13. The molecule has 1 rings (SSSR count). The van der Waals surface area contributed by atoms with E-state index < -0.39 is 5.97 Å². The molecular weight excluding hydrogens is 210 g/mol. The van der Waals surface area contributed by atoms with Gasteiger partial charge in [0.1, 0.15) is 0 Å². The lowest BCUT2D eigenvalue weighted by atomic mass is 9.91. The van der Waals surface area contributed by atoms with E-state index in [1.807, 2.05) is 0 Å². The number of piperidine rings is 1. The highest BCUT2D eigenvalue weighted by Crippen LogP contribution is 2.24. The number of likely N-dealkylation sites (tertiary alicyclic amines) is 1. The average molecular weight is 227 g/mol. The molecule has 1 aliphatic rings. The van der Waals surface area contributed by atoms with Crippen LogP contribution in [0.2, 0.25) is 0 Å². The van der Waals surface area contributed by atoms with E-state index in [1.54, 1.807) is 13.8 Å². The predicted molar refractivity (Wildman–Crippen MR) is 56.6 cm³/mol. The summed E-state index contributed by atoms with van der Waals surface area (Å²) in [5.41, 5.74) is 0. The van der Waals surface area contributed by atoms with Gasteiger partial charge in [-0.15, -0.1) is 0 Å². The van der Waals surface area contributed by atoms with E-state index >= 15 is 0 Å². The molecule has 1 saturated heterocycles. The van der Waals surface area contributed by atoms with Gasteiger partial charge in [-0.2, -0.15) is 0 Å². The zero-order chi connectivity index (χ0) is 12.3. The van der Waals surface area contributed by atoms with Crippen molar-refractivity contribution in [1.29, 1.82) is 0 Å². The molecular formula is C11H17NO4. The summed E-state index contributed by atoms with van der Waals surface area (Å²) >= 11 is 0. The summed E-state index contributed by atoms with van der Waals surface area (Å²) in [7, 11) is 0. The maximum Gasteiger partial charge on any atom is 0.303 e. The number of aliphatic carboxylic acids is 1. The van der Waals surface area contributed by atoms with Crippen LogP contribution in [0.25, 0.3) is 0 Å². The highest BCUT2D eigenvalue weighted by Gasteiger charge is 2.35. The van der Waals surface area contributed by atoms with Crippen molar-refractivity contribution in [2.75, 3.05) is 0 Å². The lowest BCUT2D eigenvalue weighted by Crippen LogP contribution is -2.48. The first kappa shape index (κ1) is 12.7. The normalized spacial score (nSPS) is 21.7. The summed E-state index contributed by atoms with van der Waals surface area (Å²) in [6, 6.07) is -0.146. The molecule has 0 aromatic rings. The van der Waals surface area contributed by atoms with Crippen molar-refractivity contribution < 1.29 is 19.5 Å². The van der Waals surface area contributed by atoms with Crippen LogP contribution < -0.4 is 0 Å². The van der Waals surface area contributed by atoms with Crippen molar-refractivity contribution in [3.8, 4) is 0 Å². The molecule has 1 unspecified atom stereocenters. The van der Waals surface area contributed by atoms with Gasteiger partial charge in [-0.3, -0.25) is 19.3 Å². The van der Waals surface area contributed by atoms with Crippen LogP contribution >= 0.6 is 0 Å². The van der Waals surface area contributed by atoms with Crippen molar-refractivity contribution in [3.05, 3.63) is 0 Å². The molecule has 0 radical (unpaired) electrons. The third-order valence-electron chi connectivity index (χ3n) is 2.79. The van der Waals surface area contributed by atoms with Gasteiger partial charge >= 0.3 is 5.97 Å². The van der Waals surface area contributed by atoms with E-state index in [2.05, 4.69) is 0 Å². The molecule has 16 heavy (non-hydrogen) atoms. The molecule has 90 valence electrons. The van der Waals surface area contributed by atoms with Gasteiger partial charge in [-0.05, 0) is 26.7 Å². The van der Waals surface area contributed by atoms with Gasteiger partial charge in [0.15, 0.2) is 0 Å². The fraction of sp³-hybridized carbons (Fsp3) is 0.727. The summed E-state index contributed by atoms with van der Waals surface area (Å²) in [6.45, 7) is 3.57. The van der Waals surface area contributed by atoms with Crippen LogP contribution in [0.4, 0.5) is 0 Å². The van der Waals surface area contributed by atoms with Gasteiger partial charge in [0.25, 0.3) is 0 Å². The number of carbonyl (C=O) groups excluding carboxylic acids is 2. The first-order chi connectivity index (χ1) is 7.43. The van der Waals surface area contributed by atoms with Crippen LogP contribution in [0.3, 0.4) is 0 Å². The number of imide groups is 1. The van der Waals surface area contributed by atoms with Gasteiger partial charge in [0, 0.05) is 24.8 Å². The van der Waals surface area contributed by atoms with Gasteiger partial charge in [-0.1, -0.05) is 0 Å². The minimum atomic E-state index is -0.902. The maximum atomic E-state index is 11.9. The molecule has 5 heteroatoms. The third kappa shape index (κ3) is 2.81. The first-order valence-electron chi connectivity index (χ1n) is 5.51. The second kappa shape index (κ2) is 5.09. The highest BCUT2D eigenvalue weighted by atomic mass is 16.4. The molecule has 1 fully saturated rings. The lowest BCUT2D eigenvalue weighted by Gasteiger charge is -2.33. The summed E-state index contributed by atoms with van der Waals surface area (Å²) in [4.78, 5) is 35.1. The maximum absolute atomic E-state index is 11.9. The standard InChI is InChI=1S/C11H17NO4/c1-7(2)12-9(13)5-3-8(11(12)16)4-6-10(14)15/h7-8H,3-6H2,1-2H3,(H,14,15). The third-order valence-corrected chi connectivity index (χ3v) is 2.79. The van der Waals surface area contributed by atoms with Gasteiger partial charge in [0.2, 0.25) is 11.8 Å². The van der Waals surface area contributed by atoms with Crippen molar-refractivity contribution in [2.45, 2.75) is 45.6 Å². The Balaban J connectivity index is 2.65. The first-order valence-corrected chi connectivity index (χ1v) is 5.51. The molecule has 0 aromatic heterocycles. The Hall–Kier alpha value is -1.39. The summed E-state index contributed by atoms with van der Waals surface area (Å²) < 4.78 is 0. The Morgan fingerprint density at radius 2 is 2.12 bits per heavy atom. The van der Waals surface area contributed by atoms with Crippen molar-refractivity contribution in [1.82, 2.24) is 4.90 Å². The fourth-order valence-electron chi connectivity index (χ4n) is 1.97. The topological polar surface area (TPSA) is 74.7 Å². The van der Waals surface area contributed by atoms with E-state index in [9.17, 15) is 14.4 Å². The molecule has 1 atom stereocenters. The zero-order valence-corrected chi connectivity index (χ0v) is 9.60. The highest BCUT2D eigenvalue weighted by molar-refractivity contribution is 5.99. The monoisotopic (exact) mass is 227 g/mol. The number of hydrogen-bond donors (Lipinski definition) is 1. The van der Waals surface area contributed by atoms with Gasteiger partial charge < -0.3 is 5.11 Å². The fourth-order valence-corrected chi connectivity index (χ4v) is 1.97. The molecule has 1 N–H and O–H groups in total. The molecule has 0 spiro atoms. The number of carboxylic acid groups (broad SMARTS) is 1. The molecule has 0 saturated carbocycles. The lowest BCUT2D eigenvalue weighted by molar-refractivity contribution is -0.154. The number of hydrogen-bond acceptors (Lipinski definition) is 3. The average Bonchev–Trinajstić information content (AvgIpc) is 2.15. The molecule has 0 aromatic carbocycles. The second-order valence-electron chi connectivity index (χ2n) is 4.36. The van der Waals surface area contributed by atoms with Gasteiger partial charge in [0.05, 0.1) is 0 Å². The predicted octanol–water partition coefficient (Wildman–Crippen LogP) is 1.02. The second-order valence-corrected chi connectivity index (χ2v) is 4.36.